The highest BCUT2D eigenvalue weighted by molar-refractivity contribution is 7.89. The van der Waals surface area contributed by atoms with Crippen molar-refractivity contribution >= 4 is 16.0 Å². The maximum atomic E-state index is 13.9. The molecular weight excluding hydrogens is 433 g/mol. The summed E-state index contributed by atoms with van der Waals surface area (Å²) < 4.78 is 98.0. The predicted octanol–water partition coefficient (Wildman–Crippen LogP) is 4.03. The molecule has 1 saturated carbocycles. The summed E-state index contributed by atoms with van der Waals surface area (Å²) in [6.45, 7) is -0.295. The fraction of sp³-hybridized carbons (Fsp3) is 0.632. The Balaban J connectivity index is 1.62. The lowest BCUT2D eigenvalue weighted by Crippen LogP contribution is -2.43. The molecule has 30 heavy (non-hydrogen) atoms. The normalized spacial score (nSPS) is 24.6. The summed E-state index contributed by atoms with van der Waals surface area (Å²) in [4.78, 5) is 11.6. The zero-order chi connectivity index (χ0) is 22.1. The number of rotatable bonds is 4. The minimum absolute atomic E-state index is 0.0262. The Morgan fingerprint density at radius 3 is 2.30 bits per heavy atom. The van der Waals surface area contributed by atoms with Gasteiger partial charge in [0.05, 0.1) is 11.8 Å². The highest BCUT2D eigenvalue weighted by atomic mass is 32.2. The number of nitrogens with zero attached hydrogens (tertiary/aromatic N) is 1. The maximum absolute atomic E-state index is 13.9. The molecule has 0 spiro atoms. The zero-order valence-electron chi connectivity index (χ0n) is 16.0. The number of carbonyl (C=O) groups is 1. The zero-order valence-corrected chi connectivity index (χ0v) is 16.8. The Bertz CT molecular complexity index is 881. The summed E-state index contributed by atoms with van der Waals surface area (Å²) in [5.74, 6) is -5.20. The van der Waals surface area contributed by atoms with Gasteiger partial charge in [-0.25, -0.2) is 17.2 Å². The van der Waals surface area contributed by atoms with Gasteiger partial charge in [0, 0.05) is 13.1 Å². The van der Waals surface area contributed by atoms with Gasteiger partial charge in [0.15, 0.2) is 0 Å². The van der Waals surface area contributed by atoms with Gasteiger partial charge in [-0.15, -0.1) is 0 Å². The Labute approximate surface area is 171 Å². The van der Waals surface area contributed by atoms with E-state index in [4.69, 9.17) is 4.74 Å². The Kier molecular flexibility index (Phi) is 6.71. The lowest BCUT2D eigenvalue weighted by Gasteiger charge is -2.35. The number of carbonyl (C=O) groups excluding carboxylic acids is 1. The van der Waals surface area contributed by atoms with Gasteiger partial charge in [0.1, 0.15) is 22.6 Å². The molecule has 0 unspecified atom stereocenters. The summed E-state index contributed by atoms with van der Waals surface area (Å²) in [5.41, 5.74) is 0. The second-order valence-electron chi connectivity index (χ2n) is 7.66. The van der Waals surface area contributed by atoms with Crippen LogP contribution in [0.1, 0.15) is 38.5 Å². The van der Waals surface area contributed by atoms with Crippen LogP contribution >= 0.6 is 0 Å². The van der Waals surface area contributed by atoms with Crippen LogP contribution in [-0.2, 0) is 19.6 Å². The van der Waals surface area contributed by atoms with Crippen LogP contribution in [0.25, 0.3) is 0 Å². The van der Waals surface area contributed by atoms with Crippen molar-refractivity contribution in [2.24, 2.45) is 11.8 Å². The highest BCUT2D eigenvalue weighted by Crippen LogP contribution is 2.40. The highest BCUT2D eigenvalue weighted by Gasteiger charge is 2.48. The van der Waals surface area contributed by atoms with Crippen molar-refractivity contribution < 1.29 is 39.9 Å². The molecule has 1 aromatic rings. The molecule has 1 saturated heterocycles. The first-order valence-corrected chi connectivity index (χ1v) is 11.2. The van der Waals surface area contributed by atoms with Crippen LogP contribution in [0.2, 0.25) is 0 Å². The van der Waals surface area contributed by atoms with E-state index in [1.165, 1.54) is 0 Å². The van der Waals surface area contributed by atoms with E-state index >= 15 is 0 Å². The summed E-state index contributed by atoms with van der Waals surface area (Å²) in [7, 11) is -4.30. The topological polar surface area (TPSA) is 63.7 Å². The molecule has 0 aromatic heterocycles. The standard InChI is InChI=1S/C19H22F5NO4S/c20-13-5-6-15(21)17(11-13)30(27,28)25-9-7-12(8-10-25)18(26)29-16-4-2-1-3-14(16)19(22,23)24/h5-6,11-12,14,16H,1-4,7-10H2/t14-,16-/m0/s1. The summed E-state index contributed by atoms with van der Waals surface area (Å²) in [6, 6.07) is 2.11. The fourth-order valence-electron chi connectivity index (χ4n) is 4.00. The molecule has 2 atom stereocenters. The van der Waals surface area contributed by atoms with E-state index in [9.17, 15) is 35.2 Å². The molecular formula is C19H22F5NO4S. The number of benzene rings is 1. The van der Waals surface area contributed by atoms with Crippen molar-refractivity contribution in [1.82, 2.24) is 4.31 Å². The molecule has 0 bridgehead atoms. The van der Waals surface area contributed by atoms with Gasteiger partial charge in [-0.1, -0.05) is 6.42 Å². The van der Waals surface area contributed by atoms with Gasteiger partial charge in [0.25, 0.3) is 0 Å². The Morgan fingerprint density at radius 1 is 1.03 bits per heavy atom. The first kappa shape index (κ1) is 22.9. The third-order valence-corrected chi connectivity index (χ3v) is 7.60. The van der Waals surface area contributed by atoms with E-state index in [-0.39, 0.29) is 38.8 Å². The molecule has 0 radical (unpaired) electrons. The molecule has 2 aliphatic rings. The van der Waals surface area contributed by atoms with Gasteiger partial charge >= 0.3 is 12.1 Å². The van der Waals surface area contributed by atoms with Crippen LogP contribution in [0.15, 0.2) is 23.1 Å². The van der Waals surface area contributed by atoms with Gasteiger partial charge in [-0.3, -0.25) is 4.79 Å². The number of sulfonamides is 1. The molecule has 1 aromatic carbocycles. The number of piperidine rings is 1. The van der Waals surface area contributed by atoms with Crippen LogP contribution < -0.4 is 0 Å². The largest absolute Gasteiger partial charge is 0.462 e. The van der Waals surface area contributed by atoms with Crippen LogP contribution in [0.5, 0.6) is 0 Å². The van der Waals surface area contributed by atoms with Crippen LogP contribution in [0.3, 0.4) is 0 Å². The van der Waals surface area contributed by atoms with Crippen molar-refractivity contribution in [3.05, 3.63) is 29.8 Å². The van der Waals surface area contributed by atoms with E-state index < -0.39 is 56.6 Å². The lowest BCUT2D eigenvalue weighted by atomic mass is 9.85. The number of halogens is 5. The van der Waals surface area contributed by atoms with Crippen molar-refractivity contribution in [2.45, 2.75) is 55.7 Å². The second kappa shape index (κ2) is 8.78. The third-order valence-electron chi connectivity index (χ3n) is 5.69. The predicted molar refractivity (Wildman–Crippen MR) is 95.7 cm³/mol. The van der Waals surface area contributed by atoms with E-state index in [2.05, 4.69) is 0 Å². The Hall–Kier alpha value is -1.75. The SMILES string of the molecule is O=C(O[C@H]1CCCC[C@@H]1C(F)(F)F)C1CCN(S(=O)(=O)c2cc(F)ccc2F)CC1. The van der Waals surface area contributed by atoms with Gasteiger partial charge in [0.2, 0.25) is 10.0 Å². The van der Waals surface area contributed by atoms with E-state index in [1.54, 1.807) is 0 Å². The third kappa shape index (κ3) is 4.93. The van der Waals surface area contributed by atoms with Crippen LogP contribution in [0, 0.1) is 23.5 Å². The molecule has 11 heteroatoms. The smallest absolute Gasteiger partial charge is 0.395 e. The Morgan fingerprint density at radius 2 is 1.67 bits per heavy atom. The molecule has 1 aliphatic heterocycles. The molecule has 0 amide bonds. The second-order valence-corrected chi connectivity index (χ2v) is 9.57. The molecule has 2 fully saturated rings. The van der Waals surface area contributed by atoms with Crippen molar-refractivity contribution in [1.29, 1.82) is 0 Å². The van der Waals surface area contributed by atoms with Gasteiger partial charge in [-0.05, 0) is 50.3 Å². The number of hydrogen-bond acceptors (Lipinski definition) is 4. The van der Waals surface area contributed by atoms with Crippen molar-refractivity contribution in [3.8, 4) is 0 Å². The fourth-order valence-corrected chi connectivity index (χ4v) is 5.55. The van der Waals surface area contributed by atoms with Crippen LogP contribution in [0.4, 0.5) is 22.0 Å². The maximum Gasteiger partial charge on any atom is 0.395 e. The molecule has 5 nitrogen and oxygen atoms in total. The average molecular weight is 455 g/mol. The average Bonchev–Trinajstić information content (AvgIpc) is 2.69. The summed E-state index contributed by atoms with van der Waals surface area (Å²) >= 11 is 0. The number of ether oxygens (including phenoxy) is 1. The lowest BCUT2D eigenvalue weighted by molar-refractivity contribution is -0.217. The quantitative estimate of drug-likeness (QED) is 0.508. The first-order chi connectivity index (χ1) is 14.0. The van der Waals surface area contributed by atoms with Crippen LogP contribution in [-0.4, -0.2) is 44.1 Å². The van der Waals surface area contributed by atoms with E-state index in [0.29, 0.717) is 25.0 Å². The first-order valence-electron chi connectivity index (χ1n) is 9.72. The molecule has 1 aliphatic carbocycles. The van der Waals surface area contributed by atoms with Gasteiger partial charge < -0.3 is 4.74 Å². The number of alkyl halides is 3. The van der Waals surface area contributed by atoms with Gasteiger partial charge in [-0.2, -0.15) is 17.5 Å². The summed E-state index contributed by atoms with van der Waals surface area (Å²) in [5, 5.41) is 0. The number of hydrogen-bond donors (Lipinski definition) is 0. The summed E-state index contributed by atoms with van der Waals surface area (Å²) in [6.07, 6.45) is -4.60. The molecule has 0 N–H and O–H groups in total. The monoisotopic (exact) mass is 455 g/mol. The van der Waals surface area contributed by atoms with Crippen molar-refractivity contribution in [3.63, 3.8) is 0 Å². The molecule has 3 rings (SSSR count). The minimum Gasteiger partial charge on any atom is -0.462 e. The molecule has 1 heterocycles. The molecule has 168 valence electrons. The minimum atomic E-state index is -4.45. The van der Waals surface area contributed by atoms with E-state index in [1.807, 2.05) is 0 Å². The van der Waals surface area contributed by atoms with E-state index in [0.717, 1.165) is 10.4 Å². The van der Waals surface area contributed by atoms with Crippen molar-refractivity contribution in [2.75, 3.05) is 13.1 Å². The number of esters is 1.